The fourth-order valence-electron chi connectivity index (χ4n) is 3.14. The molecule has 0 aromatic heterocycles. The summed E-state index contributed by atoms with van der Waals surface area (Å²) in [6.07, 6.45) is 22.1. The number of rotatable bonds is 13. The minimum absolute atomic E-state index is 1.02. The monoisotopic (exact) mass is 291 g/mol. The van der Waals surface area contributed by atoms with Crippen molar-refractivity contribution in [2.24, 2.45) is 4.99 Å². The largest absolute Gasteiger partial charge is 0.289 e. The average Bonchev–Trinajstić information content (AvgIpc) is 2.89. The molecule has 0 aromatic carbocycles. The fraction of sp³-hybridized carbons (Fsp3) is 0.850. The molecule has 0 amide bonds. The molecule has 1 aliphatic rings. The summed E-state index contributed by atoms with van der Waals surface area (Å²) in [6.45, 7) is 5.47. The smallest absolute Gasteiger partial charge is 0.0433 e. The zero-order chi connectivity index (χ0) is 15.2. The van der Waals surface area contributed by atoms with Gasteiger partial charge in [0.25, 0.3) is 0 Å². The van der Waals surface area contributed by atoms with Gasteiger partial charge in [0.15, 0.2) is 0 Å². The normalized spacial score (nSPS) is 16.7. The summed E-state index contributed by atoms with van der Waals surface area (Å²) in [5.41, 5.74) is 2.80. The number of hydrogen-bond acceptors (Lipinski definition) is 1. The van der Waals surface area contributed by atoms with Crippen LogP contribution in [0.3, 0.4) is 0 Å². The topological polar surface area (TPSA) is 12.4 Å². The molecular formula is C20H37N. The van der Waals surface area contributed by atoms with Crippen molar-refractivity contribution >= 4 is 5.71 Å². The van der Waals surface area contributed by atoms with Gasteiger partial charge in [-0.15, -0.1) is 0 Å². The molecule has 1 heteroatoms. The highest BCUT2D eigenvalue weighted by Gasteiger charge is 2.06. The Morgan fingerprint density at radius 1 is 0.810 bits per heavy atom. The predicted molar refractivity (Wildman–Crippen MR) is 96.4 cm³/mol. The fourth-order valence-corrected chi connectivity index (χ4v) is 3.14. The molecule has 1 rings (SSSR count). The predicted octanol–water partition coefficient (Wildman–Crippen LogP) is 6.87. The van der Waals surface area contributed by atoms with E-state index in [-0.39, 0.29) is 0 Å². The number of hydrogen-bond donors (Lipinski definition) is 0. The van der Waals surface area contributed by atoms with E-state index in [1.807, 2.05) is 0 Å². The van der Waals surface area contributed by atoms with Gasteiger partial charge in [-0.05, 0) is 31.8 Å². The van der Waals surface area contributed by atoms with Gasteiger partial charge in [0, 0.05) is 12.3 Å². The van der Waals surface area contributed by atoms with Crippen LogP contribution >= 0.6 is 0 Å². The zero-order valence-electron chi connectivity index (χ0n) is 14.6. The summed E-state index contributed by atoms with van der Waals surface area (Å²) >= 11 is 0. The van der Waals surface area contributed by atoms with Gasteiger partial charge in [-0.25, -0.2) is 0 Å². The Hall–Kier alpha value is -0.590. The lowest BCUT2D eigenvalue weighted by atomic mass is 10.0. The van der Waals surface area contributed by atoms with Crippen LogP contribution in [-0.4, -0.2) is 12.3 Å². The van der Waals surface area contributed by atoms with E-state index in [4.69, 9.17) is 0 Å². The molecule has 0 bridgehead atoms. The van der Waals surface area contributed by atoms with Gasteiger partial charge in [0.2, 0.25) is 0 Å². The van der Waals surface area contributed by atoms with E-state index in [9.17, 15) is 0 Å². The third-order valence-electron chi connectivity index (χ3n) is 4.64. The molecule has 1 heterocycles. The third-order valence-corrected chi connectivity index (χ3v) is 4.64. The lowest BCUT2D eigenvalue weighted by Crippen LogP contribution is -1.89. The molecule has 0 N–H and O–H groups in total. The number of unbranched alkanes of at least 4 members (excludes halogenated alkanes) is 12. The van der Waals surface area contributed by atoms with Crippen molar-refractivity contribution in [2.45, 2.75) is 104 Å². The first-order valence-electron chi connectivity index (χ1n) is 9.55. The van der Waals surface area contributed by atoms with Crippen LogP contribution in [0.1, 0.15) is 104 Å². The zero-order valence-corrected chi connectivity index (χ0v) is 14.6. The summed E-state index contributed by atoms with van der Waals surface area (Å²) in [5, 5.41) is 0. The van der Waals surface area contributed by atoms with Crippen molar-refractivity contribution in [1.29, 1.82) is 0 Å². The molecule has 122 valence electrons. The maximum absolute atomic E-state index is 4.45. The molecule has 0 saturated heterocycles. The highest BCUT2D eigenvalue weighted by molar-refractivity contribution is 5.99. The number of aliphatic imine (C=N–C) groups is 1. The standard InChI is InChI=1S/C20H37N/c1-3-4-5-6-7-8-9-10-11-12-13-14-15-16-20-17-18-21-19(20)2/h16H,3-15,17-18H2,1-2H3/b20-16-. The van der Waals surface area contributed by atoms with Gasteiger partial charge < -0.3 is 0 Å². The van der Waals surface area contributed by atoms with Crippen LogP contribution in [0.2, 0.25) is 0 Å². The van der Waals surface area contributed by atoms with Crippen LogP contribution < -0.4 is 0 Å². The molecule has 21 heavy (non-hydrogen) atoms. The Bertz CT molecular complexity index is 301. The Kier molecular flexibility index (Phi) is 11.5. The van der Waals surface area contributed by atoms with E-state index in [1.54, 1.807) is 0 Å². The molecule has 1 aliphatic heterocycles. The first kappa shape index (κ1) is 18.5. The SMILES string of the molecule is CCCCCCCCCCCCCC/C=C1/CCN=C1C. The summed E-state index contributed by atoms with van der Waals surface area (Å²) in [6, 6.07) is 0. The second kappa shape index (κ2) is 13.1. The quantitative estimate of drug-likeness (QED) is 0.328. The van der Waals surface area contributed by atoms with Gasteiger partial charge in [0.1, 0.15) is 0 Å². The van der Waals surface area contributed by atoms with Crippen LogP contribution in [0.4, 0.5) is 0 Å². The van der Waals surface area contributed by atoms with Gasteiger partial charge in [-0.2, -0.15) is 0 Å². The average molecular weight is 292 g/mol. The second-order valence-electron chi connectivity index (χ2n) is 6.62. The third kappa shape index (κ3) is 9.87. The maximum atomic E-state index is 4.45. The van der Waals surface area contributed by atoms with E-state index < -0.39 is 0 Å². The first-order valence-corrected chi connectivity index (χ1v) is 9.55. The number of nitrogens with zero attached hydrogens (tertiary/aromatic N) is 1. The molecule has 0 unspecified atom stereocenters. The molecular weight excluding hydrogens is 254 g/mol. The van der Waals surface area contributed by atoms with E-state index in [2.05, 4.69) is 24.9 Å². The molecule has 1 nitrogen and oxygen atoms in total. The lowest BCUT2D eigenvalue weighted by Gasteiger charge is -2.02. The van der Waals surface area contributed by atoms with E-state index in [0.29, 0.717) is 0 Å². The van der Waals surface area contributed by atoms with Gasteiger partial charge in [-0.1, -0.05) is 83.6 Å². The van der Waals surface area contributed by atoms with Crippen molar-refractivity contribution in [3.63, 3.8) is 0 Å². The van der Waals surface area contributed by atoms with Gasteiger partial charge in [-0.3, -0.25) is 4.99 Å². The molecule has 0 radical (unpaired) electrons. The van der Waals surface area contributed by atoms with Crippen molar-refractivity contribution in [3.8, 4) is 0 Å². The summed E-state index contributed by atoms with van der Waals surface area (Å²) in [7, 11) is 0. The second-order valence-corrected chi connectivity index (χ2v) is 6.62. The maximum Gasteiger partial charge on any atom is 0.0433 e. The van der Waals surface area contributed by atoms with Crippen LogP contribution in [-0.2, 0) is 0 Å². The van der Waals surface area contributed by atoms with Crippen molar-refractivity contribution in [2.75, 3.05) is 6.54 Å². The highest BCUT2D eigenvalue weighted by Crippen LogP contribution is 2.16. The van der Waals surface area contributed by atoms with Gasteiger partial charge in [0.05, 0.1) is 0 Å². The van der Waals surface area contributed by atoms with Crippen molar-refractivity contribution < 1.29 is 0 Å². The molecule has 0 aromatic rings. The summed E-state index contributed by atoms with van der Waals surface area (Å²) < 4.78 is 0. The Morgan fingerprint density at radius 2 is 1.33 bits per heavy atom. The van der Waals surface area contributed by atoms with E-state index >= 15 is 0 Å². The minimum Gasteiger partial charge on any atom is -0.289 e. The van der Waals surface area contributed by atoms with E-state index in [0.717, 1.165) is 6.54 Å². The Morgan fingerprint density at radius 3 is 1.81 bits per heavy atom. The first-order chi connectivity index (χ1) is 10.3. The Balaban J connectivity index is 1.78. The number of allylic oxidation sites excluding steroid dienone is 1. The Labute approximate surface area is 133 Å². The van der Waals surface area contributed by atoms with Gasteiger partial charge >= 0.3 is 0 Å². The van der Waals surface area contributed by atoms with Crippen LogP contribution in [0.5, 0.6) is 0 Å². The van der Waals surface area contributed by atoms with Crippen LogP contribution in [0.25, 0.3) is 0 Å². The molecule has 0 atom stereocenters. The van der Waals surface area contributed by atoms with Crippen molar-refractivity contribution in [3.05, 3.63) is 11.6 Å². The van der Waals surface area contributed by atoms with Crippen molar-refractivity contribution in [1.82, 2.24) is 0 Å². The summed E-state index contributed by atoms with van der Waals surface area (Å²) in [5.74, 6) is 0. The van der Waals surface area contributed by atoms with Crippen LogP contribution in [0.15, 0.2) is 16.6 Å². The molecule has 0 saturated carbocycles. The molecule has 0 spiro atoms. The molecule has 0 fully saturated rings. The summed E-state index contributed by atoms with van der Waals surface area (Å²) in [4.78, 5) is 4.45. The lowest BCUT2D eigenvalue weighted by molar-refractivity contribution is 0.545. The van der Waals surface area contributed by atoms with Crippen LogP contribution in [0, 0.1) is 0 Å². The minimum atomic E-state index is 1.02. The van der Waals surface area contributed by atoms with E-state index in [1.165, 1.54) is 101 Å². The molecule has 0 aliphatic carbocycles. The highest BCUT2D eigenvalue weighted by atomic mass is 14.8.